The first-order valence-electron chi connectivity index (χ1n) is 10.1. The molecule has 0 aromatic rings. The molecule has 6 heteroatoms. The van der Waals surface area contributed by atoms with Gasteiger partial charge in [-0.1, -0.05) is 18.7 Å². The van der Waals surface area contributed by atoms with Crippen molar-refractivity contribution in [2.45, 2.75) is 95.2 Å². The molecule has 0 aromatic heterocycles. The number of hydrogen-bond donors (Lipinski definition) is 1. The lowest BCUT2D eigenvalue weighted by Gasteiger charge is -2.36. The molecule has 0 radical (unpaired) electrons. The predicted molar refractivity (Wildman–Crippen MR) is 103 cm³/mol. The summed E-state index contributed by atoms with van der Waals surface area (Å²) in [5, 5.41) is 10.7. The molecule has 2 aliphatic heterocycles. The summed E-state index contributed by atoms with van der Waals surface area (Å²) in [4.78, 5) is 24.4. The van der Waals surface area contributed by atoms with Crippen molar-refractivity contribution in [1.82, 2.24) is 0 Å². The van der Waals surface area contributed by atoms with Crippen LogP contribution in [-0.4, -0.2) is 46.1 Å². The van der Waals surface area contributed by atoms with Crippen LogP contribution in [0.15, 0.2) is 24.3 Å². The molecule has 3 aliphatic rings. The Morgan fingerprint density at radius 1 is 1.25 bits per heavy atom. The Kier molecular flexibility index (Phi) is 5.49. The van der Waals surface area contributed by atoms with Crippen molar-refractivity contribution in [2.24, 2.45) is 5.92 Å². The van der Waals surface area contributed by atoms with Gasteiger partial charge in [0.25, 0.3) is 0 Å². The molecule has 6 atom stereocenters. The van der Waals surface area contributed by atoms with Crippen LogP contribution in [0.1, 0.15) is 66.2 Å². The van der Waals surface area contributed by atoms with Gasteiger partial charge in [-0.2, -0.15) is 0 Å². The molecule has 0 amide bonds. The lowest BCUT2D eigenvalue weighted by molar-refractivity contribution is -0.181. The maximum absolute atomic E-state index is 12.7. The molecular formula is C22H32O6. The van der Waals surface area contributed by atoms with Crippen LogP contribution in [0, 0.1) is 5.92 Å². The molecule has 28 heavy (non-hydrogen) atoms. The zero-order valence-electron chi connectivity index (χ0n) is 17.3. The molecule has 156 valence electrons. The third-order valence-electron chi connectivity index (χ3n) is 6.51. The van der Waals surface area contributed by atoms with Crippen molar-refractivity contribution in [3.8, 4) is 0 Å². The van der Waals surface area contributed by atoms with Crippen molar-refractivity contribution in [3.63, 3.8) is 0 Å². The highest BCUT2D eigenvalue weighted by Gasteiger charge is 2.53. The minimum Gasteiger partial charge on any atom is -0.458 e. The van der Waals surface area contributed by atoms with Gasteiger partial charge in [-0.3, -0.25) is 4.79 Å². The fourth-order valence-corrected chi connectivity index (χ4v) is 4.39. The van der Waals surface area contributed by atoms with Gasteiger partial charge in [0, 0.05) is 12.5 Å². The Labute approximate surface area is 166 Å². The molecule has 0 aromatic carbocycles. The smallest absolute Gasteiger partial charge is 0.334 e. The van der Waals surface area contributed by atoms with Gasteiger partial charge in [-0.25, -0.2) is 4.79 Å². The lowest BCUT2D eigenvalue weighted by Crippen LogP contribution is -2.46. The molecule has 6 nitrogen and oxygen atoms in total. The Morgan fingerprint density at radius 3 is 2.64 bits per heavy atom. The third kappa shape index (κ3) is 4.49. The summed E-state index contributed by atoms with van der Waals surface area (Å²) in [6.07, 6.45) is 6.59. The van der Waals surface area contributed by atoms with Crippen LogP contribution in [0.25, 0.3) is 0 Å². The second-order valence-corrected chi connectivity index (χ2v) is 9.22. The van der Waals surface area contributed by atoms with Crippen molar-refractivity contribution in [3.05, 3.63) is 24.3 Å². The van der Waals surface area contributed by atoms with E-state index in [0.717, 1.165) is 0 Å². The van der Waals surface area contributed by atoms with E-state index in [0.29, 0.717) is 44.1 Å². The monoisotopic (exact) mass is 392 g/mol. The van der Waals surface area contributed by atoms with Gasteiger partial charge in [0.05, 0.1) is 17.3 Å². The minimum absolute atomic E-state index is 0.0193. The number of fused-ring (bicyclic) bond motifs is 4. The Morgan fingerprint density at radius 2 is 1.96 bits per heavy atom. The quantitative estimate of drug-likeness (QED) is 0.319. The van der Waals surface area contributed by atoms with Crippen LogP contribution in [0.2, 0.25) is 0 Å². The Bertz CT molecular complexity index is 695. The molecule has 0 saturated carbocycles. The first-order chi connectivity index (χ1) is 12.9. The number of aliphatic hydroxyl groups is 1. The largest absolute Gasteiger partial charge is 0.458 e. The van der Waals surface area contributed by atoms with E-state index in [-0.39, 0.29) is 17.6 Å². The Balaban J connectivity index is 1.93. The summed E-state index contributed by atoms with van der Waals surface area (Å²) in [5.41, 5.74) is -1.82. The third-order valence-corrected chi connectivity index (χ3v) is 6.51. The summed E-state index contributed by atoms with van der Waals surface area (Å²) in [7, 11) is 0. The van der Waals surface area contributed by atoms with E-state index in [1.807, 2.05) is 13.0 Å². The van der Waals surface area contributed by atoms with Crippen LogP contribution in [-0.2, 0) is 23.8 Å². The predicted octanol–water partition coefficient (Wildman–Crippen LogP) is 3.22. The summed E-state index contributed by atoms with van der Waals surface area (Å²) in [6.45, 7) is 10.9. The van der Waals surface area contributed by atoms with E-state index in [1.54, 1.807) is 13.0 Å². The molecule has 1 N–H and O–H groups in total. The fourth-order valence-electron chi connectivity index (χ4n) is 4.39. The molecule has 0 spiro atoms. The average molecular weight is 392 g/mol. The van der Waals surface area contributed by atoms with E-state index in [1.165, 1.54) is 6.92 Å². The van der Waals surface area contributed by atoms with Gasteiger partial charge in [0.15, 0.2) is 0 Å². The fraction of sp³-hybridized carbons (Fsp3) is 0.727. The first kappa shape index (κ1) is 21.1. The van der Waals surface area contributed by atoms with Crippen molar-refractivity contribution in [2.75, 3.05) is 0 Å². The number of carbonyl (C=O) groups is 2. The van der Waals surface area contributed by atoms with E-state index < -0.39 is 29.2 Å². The minimum atomic E-state index is -1.06. The highest BCUT2D eigenvalue weighted by molar-refractivity contribution is 5.89. The first-order valence-corrected chi connectivity index (χ1v) is 10.1. The van der Waals surface area contributed by atoms with Crippen LogP contribution >= 0.6 is 0 Å². The highest BCUT2D eigenvalue weighted by atomic mass is 16.6. The molecular weight excluding hydrogens is 360 g/mol. The van der Waals surface area contributed by atoms with Crippen LogP contribution in [0.4, 0.5) is 0 Å². The van der Waals surface area contributed by atoms with Gasteiger partial charge >= 0.3 is 11.9 Å². The van der Waals surface area contributed by atoms with E-state index >= 15 is 0 Å². The summed E-state index contributed by atoms with van der Waals surface area (Å²) in [5.74, 6) is -0.890. The number of epoxide rings is 1. The maximum Gasteiger partial charge on any atom is 0.334 e. The molecule has 2 bridgehead atoms. The molecule has 2 saturated heterocycles. The van der Waals surface area contributed by atoms with E-state index in [2.05, 4.69) is 13.5 Å². The summed E-state index contributed by atoms with van der Waals surface area (Å²) >= 11 is 0. The number of rotatable bonds is 1. The number of esters is 2. The van der Waals surface area contributed by atoms with E-state index in [4.69, 9.17) is 14.2 Å². The SMILES string of the molecule is C=C1C(=O)OC2(C)CCC1CC1OC1(C)CC=CC(C)(O)CCC2OC(C)=O. The normalized spacial score (nSPS) is 44.1. The standard InChI is InChI=1S/C22H32O6/c1-14-16-7-12-22(5,28-19(14)24)17(26-15(2)23)8-11-20(3,25)9-6-10-21(4)18(13-16)27-21/h6,9,16-18,25H,1,7-8,10-13H2,2-5H3. The summed E-state index contributed by atoms with van der Waals surface area (Å²) < 4.78 is 17.3. The van der Waals surface area contributed by atoms with Crippen molar-refractivity contribution in [1.29, 1.82) is 0 Å². The molecule has 6 unspecified atom stereocenters. The van der Waals surface area contributed by atoms with Gasteiger partial charge in [0.1, 0.15) is 11.7 Å². The molecule has 3 rings (SSSR count). The van der Waals surface area contributed by atoms with Crippen LogP contribution < -0.4 is 0 Å². The van der Waals surface area contributed by atoms with Crippen LogP contribution in [0.5, 0.6) is 0 Å². The second kappa shape index (κ2) is 7.30. The van der Waals surface area contributed by atoms with Gasteiger partial charge in [-0.05, 0) is 65.2 Å². The van der Waals surface area contributed by atoms with Crippen molar-refractivity contribution >= 4 is 11.9 Å². The molecule has 2 fully saturated rings. The van der Waals surface area contributed by atoms with Gasteiger partial charge < -0.3 is 19.3 Å². The lowest BCUT2D eigenvalue weighted by atomic mass is 9.82. The highest BCUT2D eigenvalue weighted by Crippen LogP contribution is 2.47. The zero-order chi connectivity index (χ0) is 20.7. The zero-order valence-corrected chi connectivity index (χ0v) is 17.3. The number of ether oxygens (including phenoxy) is 3. The van der Waals surface area contributed by atoms with Crippen LogP contribution in [0.3, 0.4) is 0 Å². The number of carbonyl (C=O) groups excluding carboxylic acids is 2. The number of hydrogen-bond acceptors (Lipinski definition) is 6. The summed E-state index contributed by atoms with van der Waals surface area (Å²) in [6, 6.07) is 0. The van der Waals surface area contributed by atoms with E-state index in [9.17, 15) is 14.7 Å². The topological polar surface area (TPSA) is 85.4 Å². The van der Waals surface area contributed by atoms with Gasteiger partial charge in [-0.15, -0.1) is 0 Å². The van der Waals surface area contributed by atoms with Gasteiger partial charge in [0.2, 0.25) is 0 Å². The Hall–Kier alpha value is -1.66. The maximum atomic E-state index is 12.7. The molecule has 1 aliphatic carbocycles. The molecule has 2 heterocycles. The second-order valence-electron chi connectivity index (χ2n) is 9.22. The van der Waals surface area contributed by atoms with Crippen molar-refractivity contribution < 1.29 is 28.9 Å². The average Bonchev–Trinajstić information content (AvgIpc) is 3.24.